The number of carboxylic acid groups (broad SMARTS) is 1. The normalized spacial score (nSPS) is 17.7. The van der Waals surface area contributed by atoms with Crippen LogP contribution in [0.4, 0.5) is 0 Å². The average Bonchev–Trinajstić information content (AvgIpc) is 2.67. The van der Waals surface area contributed by atoms with E-state index >= 15 is 0 Å². The van der Waals surface area contributed by atoms with Crippen molar-refractivity contribution in [2.75, 3.05) is 12.8 Å². The lowest BCUT2D eigenvalue weighted by Gasteiger charge is -2.17. The molecule has 1 rings (SSSR count). The van der Waals surface area contributed by atoms with Gasteiger partial charge in [0, 0.05) is 12.6 Å². The fraction of sp³-hybridized carbons (Fsp3) is 0.857. The molecule has 0 spiro atoms. The van der Waals surface area contributed by atoms with Crippen molar-refractivity contribution in [3.63, 3.8) is 0 Å². The molecule has 0 radical (unpaired) electrons. The van der Waals surface area contributed by atoms with Crippen molar-refractivity contribution >= 4 is 16.0 Å². The molecule has 0 aliphatic heterocycles. The van der Waals surface area contributed by atoms with Gasteiger partial charge < -0.3 is 5.11 Å². The van der Waals surface area contributed by atoms with Crippen molar-refractivity contribution in [3.8, 4) is 0 Å². The molecule has 76 valence electrons. The van der Waals surface area contributed by atoms with Crippen LogP contribution in [-0.4, -0.2) is 42.6 Å². The molecule has 0 saturated heterocycles. The van der Waals surface area contributed by atoms with Crippen molar-refractivity contribution in [1.82, 2.24) is 4.31 Å². The summed E-state index contributed by atoms with van der Waals surface area (Å²) in [6.07, 6.45) is 2.70. The monoisotopic (exact) mass is 207 g/mol. The topological polar surface area (TPSA) is 74.7 Å². The van der Waals surface area contributed by atoms with Gasteiger partial charge in [-0.3, -0.25) is 4.79 Å². The van der Waals surface area contributed by atoms with Crippen LogP contribution in [0.3, 0.4) is 0 Å². The van der Waals surface area contributed by atoms with Gasteiger partial charge in [0.1, 0.15) is 0 Å². The molecule has 0 atom stereocenters. The summed E-state index contributed by atoms with van der Waals surface area (Å²) in [6.45, 7) is 0.0961. The van der Waals surface area contributed by atoms with E-state index in [2.05, 4.69) is 0 Å². The molecule has 5 nitrogen and oxygen atoms in total. The molecule has 0 heterocycles. The number of aliphatic carboxylic acids is 1. The molecule has 6 heteroatoms. The van der Waals surface area contributed by atoms with E-state index in [9.17, 15) is 13.2 Å². The second-order valence-corrected chi connectivity index (χ2v) is 5.18. The van der Waals surface area contributed by atoms with Crippen LogP contribution in [0, 0.1) is 0 Å². The van der Waals surface area contributed by atoms with E-state index in [0.717, 1.165) is 19.1 Å². The van der Waals surface area contributed by atoms with Gasteiger partial charge in [0.15, 0.2) is 0 Å². The third-order valence-electron chi connectivity index (χ3n) is 1.93. The van der Waals surface area contributed by atoms with Crippen LogP contribution in [0.5, 0.6) is 0 Å². The van der Waals surface area contributed by atoms with Crippen molar-refractivity contribution in [2.45, 2.75) is 25.3 Å². The summed E-state index contributed by atoms with van der Waals surface area (Å²) in [6, 6.07) is 0.0503. The highest BCUT2D eigenvalue weighted by atomic mass is 32.2. The van der Waals surface area contributed by atoms with Crippen LogP contribution in [0.25, 0.3) is 0 Å². The van der Waals surface area contributed by atoms with Gasteiger partial charge in [-0.15, -0.1) is 0 Å². The fourth-order valence-corrected chi connectivity index (χ4v) is 2.36. The standard InChI is InChI=1S/C7H13NO4S/c1-13(11,12)8(6-2-3-6)5-4-7(9)10/h6H,2-5H2,1H3,(H,9,10). The van der Waals surface area contributed by atoms with E-state index in [1.807, 2.05) is 0 Å². The molecule has 13 heavy (non-hydrogen) atoms. The number of carbonyl (C=O) groups is 1. The summed E-state index contributed by atoms with van der Waals surface area (Å²) in [5.41, 5.74) is 0. The second-order valence-electron chi connectivity index (χ2n) is 3.25. The van der Waals surface area contributed by atoms with Gasteiger partial charge in [0.25, 0.3) is 0 Å². The molecule has 0 aromatic carbocycles. The lowest BCUT2D eigenvalue weighted by atomic mass is 10.4. The van der Waals surface area contributed by atoms with E-state index in [0.29, 0.717) is 0 Å². The van der Waals surface area contributed by atoms with Gasteiger partial charge in [-0.05, 0) is 12.8 Å². The van der Waals surface area contributed by atoms with Gasteiger partial charge in [0.2, 0.25) is 10.0 Å². The minimum atomic E-state index is -3.23. The molecule has 0 aromatic rings. The zero-order chi connectivity index (χ0) is 10.1. The summed E-state index contributed by atoms with van der Waals surface area (Å²) in [5.74, 6) is -0.964. The molecule has 1 fully saturated rings. The Morgan fingerprint density at radius 3 is 2.38 bits per heavy atom. The number of hydrogen-bond donors (Lipinski definition) is 1. The first-order valence-electron chi connectivity index (χ1n) is 4.10. The van der Waals surface area contributed by atoms with E-state index < -0.39 is 16.0 Å². The molecule has 0 aromatic heterocycles. The lowest BCUT2D eigenvalue weighted by Crippen LogP contribution is -2.33. The van der Waals surface area contributed by atoms with Crippen molar-refractivity contribution in [1.29, 1.82) is 0 Å². The SMILES string of the molecule is CS(=O)(=O)N(CCC(=O)O)C1CC1. The van der Waals surface area contributed by atoms with Gasteiger partial charge in [-0.1, -0.05) is 0 Å². The van der Waals surface area contributed by atoms with Crippen molar-refractivity contribution < 1.29 is 18.3 Å². The van der Waals surface area contributed by atoms with Crippen LogP contribution in [-0.2, 0) is 14.8 Å². The van der Waals surface area contributed by atoms with Crippen LogP contribution in [0.2, 0.25) is 0 Å². The Labute approximate surface area is 77.4 Å². The number of carboxylic acids is 1. The predicted molar refractivity (Wildman–Crippen MR) is 46.8 cm³/mol. The molecule has 0 amide bonds. The first-order chi connectivity index (χ1) is 5.91. The van der Waals surface area contributed by atoms with Gasteiger partial charge in [-0.25, -0.2) is 8.42 Å². The van der Waals surface area contributed by atoms with Gasteiger partial charge in [0.05, 0.1) is 12.7 Å². The molecule has 1 aliphatic rings. The minimum Gasteiger partial charge on any atom is -0.481 e. The van der Waals surface area contributed by atoms with Crippen LogP contribution >= 0.6 is 0 Å². The Hall–Kier alpha value is -0.620. The highest BCUT2D eigenvalue weighted by Crippen LogP contribution is 2.28. The van der Waals surface area contributed by atoms with Gasteiger partial charge >= 0.3 is 5.97 Å². The average molecular weight is 207 g/mol. The molecule has 1 saturated carbocycles. The number of rotatable bonds is 5. The van der Waals surface area contributed by atoms with Gasteiger partial charge in [-0.2, -0.15) is 4.31 Å². The molecular weight excluding hydrogens is 194 g/mol. The van der Waals surface area contributed by atoms with E-state index in [-0.39, 0.29) is 19.0 Å². The Bertz CT molecular complexity index is 294. The van der Waals surface area contributed by atoms with Crippen LogP contribution in [0.1, 0.15) is 19.3 Å². The fourth-order valence-electron chi connectivity index (χ4n) is 1.19. The molecular formula is C7H13NO4S. The second kappa shape index (κ2) is 3.63. The smallest absolute Gasteiger partial charge is 0.304 e. The Morgan fingerprint density at radius 2 is 2.08 bits per heavy atom. The van der Waals surface area contributed by atoms with Crippen molar-refractivity contribution in [2.24, 2.45) is 0 Å². The quantitative estimate of drug-likeness (QED) is 0.682. The van der Waals surface area contributed by atoms with E-state index in [4.69, 9.17) is 5.11 Å². The predicted octanol–water partition coefficient (Wildman–Crippen LogP) is -0.115. The first-order valence-corrected chi connectivity index (χ1v) is 5.94. The summed E-state index contributed by atoms with van der Waals surface area (Å²) in [5, 5.41) is 8.41. The Kier molecular flexibility index (Phi) is 2.92. The number of sulfonamides is 1. The lowest BCUT2D eigenvalue weighted by molar-refractivity contribution is -0.137. The maximum Gasteiger partial charge on any atom is 0.304 e. The zero-order valence-corrected chi connectivity index (χ0v) is 8.25. The largest absolute Gasteiger partial charge is 0.481 e. The number of hydrogen-bond acceptors (Lipinski definition) is 3. The Balaban J connectivity index is 2.53. The highest BCUT2D eigenvalue weighted by molar-refractivity contribution is 7.88. The number of nitrogens with zero attached hydrogens (tertiary/aromatic N) is 1. The van der Waals surface area contributed by atoms with Crippen molar-refractivity contribution in [3.05, 3.63) is 0 Å². The van der Waals surface area contributed by atoms with E-state index in [1.54, 1.807) is 0 Å². The highest BCUT2D eigenvalue weighted by Gasteiger charge is 2.34. The Morgan fingerprint density at radius 1 is 1.54 bits per heavy atom. The van der Waals surface area contributed by atoms with Crippen LogP contribution < -0.4 is 0 Å². The zero-order valence-electron chi connectivity index (χ0n) is 7.43. The van der Waals surface area contributed by atoms with E-state index in [1.165, 1.54) is 4.31 Å². The maximum atomic E-state index is 11.2. The summed E-state index contributed by atoms with van der Waals surface area (Å²) in [7, 11) is -3.23. The van der Waals surface area contributed by atoms with Crippen LogP contribution in [0.15, 0.2) is 0 Å². The molecule has 0 bridgehead atoms. The summed E-state index contributed by atoms with van der Waals surface area (Å²) >= 11 is 0. The summed E-state index contributed by atoms with van der Waals surface area (Å²) < 4.78 is 23.6. The molecule has 1 N–H and O–H groups in total. The summed E-state index contributed by atoms with van der Waals surface area (Å²) in [4.78, 5) is 10.3. The molecule has 0 unspecified atom stereocenters. The third kappa shape index (κ3) is 3.31. The third-order valence-corrected chi connectivity index (χ3v) is 3.26. The minimum absolute atomic E-state index is 0.0503. The maximum absolute atomic E-state index is 11.2. The first kappa shape index (κ1) is 10.5. The molecule has 1 aliphatic carbocycles.